The summed E-state index contributed by atoms with van der Waals surface area (Å²) in [5.74, 6) is -2.61. The molecule has 0 radical (unpaired) electrons. The molecule has 0 spiro atoms. The van der Waals surface area contributed by atoms with E-state index >= 15 is 0 Å². The van der Waals surface area contributed by atoms with Crippen molar-refractivity contribution in [2.24, 2.45) is 0 Å². The lowest BCUT2D eigenvalue weighted by Gasteiger charge is -2.23. The number of unbranched alkanes of at least 4 members (excludes halogenated alkanes) is 1. The van der Waals surface area contributed by atoms with Gasteiger partial charge in [0.1, 0.15) is 6.04 Å². The molecule has 104 valence electrons. The maximum atomic E-state index is 11.7. The highest BCUT2D eigenvalue weighted by Gasteiger charge is 2.24. The number of nitrogens with zero attached hydrogens (tertiary/aromatic N) is 1. The molecule has 0 bridgehead atoms. The summed E-state index contributed by atoms with van der Waals surface area (Å²) >= 11 is 0. The number of urea groups is 1. The Bertz CT molecular complexity index is 306. The van der Waals surface area contributed by atoms with Crippen molar-refractivity contribution < 1.29 is 24.6 Å². The monoisotopic (exact) mass is 260 g/mol. The van der Waals surface area contributed by atoms with Gasteiger partial charge in [0.15, 0.2) is 0 Å². The van der Waals surface area contributed by atoms with E-state index in [1.165, 1.54) is 4.90 Å². The molecule has 0 aromatic carbocycles. The van der Waals surface area contributed by atoms with Crippen LogP contribution in [0.3, 0.4) is 0 Å². The van der Waals surface area contributed by atoms with Crippen molar-refractivity contribution in [3.05, 3.63) is 0 Å². The SMILES string of the molecule is CCCCN(CC)C(=O)NC(CC(=O)O)C(=O)O. The molecule has 1 atom stereocenters. The molecule has 0 heterocycles. The zero-order chi connectivity index (χ0) is 14.1. The molecular weight excluding hydrogens is 240 g/mol. The molecule has 7 heteroatoms. The third kappa shape index (κ3) is 6.07. The van der Waals surface area contributed by atoms with E-state index in [1.807, 2.05) is 6.92 Å². The minimum Gasteiger partial charge on any atom is -0.481 e. The molecule has 7 nitrogen and oxygen atoms in total. The smallest absolute Gasteiger partial charge is 0.326 e. The quantitative estimate of drug-likeness (QED) is 0.597. The molecule has 0 fully saturated rings. The van der Waals surface area contributed by atoms with Crippen LogP contribution in [-0.4, -0.2) is 52.2 Å². The van der Waals surface area contributed by atoms with Crippen LogP contribution in [0.15, 0.2) is 0 Å². The molecule has 3 N–H and O–H groups in total. The highest BCUT2D eigenvalue weighted by molar-refractivity contribution is 5.86. The van der Waals surface area contributed by atoms with Crippen LogP contribution in [0.4, 0.5) is 4.79 Å². The van der Waals surface area contributed by atoms with Gasteiger partial charge in [0, 0.05) is 13.1 Å². The van der Waals surface area contributed by atoms with E-state index in [4.69, 9.17) is 10.2 Å². The molecule has 1 unspecified atom stereocenters. The van der Waals surface area contributed by atoms with Crippen molar-refractivity contribution in [2.45, 2.75) is 39.2 Å². The Morgan fingerprint density at radius 3 is 2.22 bits per heavy atom. The Hall–Kier alpha value is -1.79. The van der Waals surface area contributed by atoms with Gasteiger partial charge < -0.3 is 20.4 Å². The molecule has 0 aliphatic heterocycles. The Morgan fingerprint density at radius 1 is 1.22 bits per heavy atom. The number of carboxylic acid groups (broad SMARTS) is 2. The van der Waals surface area contributed by atoms with Crippen LogP contribution in [0.25, 0.3) is 0 Å². The third-order valence-corrected chi connectivity index (χ3v) is 2.43. The maximum Gasteiger partial charge on any atom is 0.326 e. The standard InChI is InChI=1S/C11H20N2O5/c1-3-5-6-13(4-2)11(18)12-8(10(16)17)7-9(14)15/h8H,3-7H2,1-2H3,(H,12,18)(H,14,15)(H,16,17). The average molecular weight is 260 g/mol. The fraction of sp³-hybridized carbons (Fsp3) is 0.727. The van der Waals surface area contributed by atoms with Crippen molar-refractivity contribution >= 4 is 18.0 Å². The van der Waals surface area contributed by atoms with E-state index in [-0.39, 0.29) is 0 Å². The molecule has 0 aliphatic rings. The van der Waals surface area contributed by atoms with Gasteiger partial charge in [-0.2, -0.15) is 0 Å². The highest BCUT2D eigenvalue weighted by atomic mass is 16.4. The van der Waals surface area contributed by atoms with Crippen molar-refractivity contribution in [1.82, 2.24) is 10.2 Å². The van der Waals surface area contributed by atoms with Crippen molar-refractivity contribution in [3.63, 3.8) is 0 Å². The maximum absolute atomic E-state index is 11.7. The Labute approximate surface area is 106 Å². The third-order valence-electron chi connectivity index (χ3n) is 2.43. The topological polar surface area (TPSA) is 107 Å². The zero-order valence-corrected chi connectivity index (χ0v) is 10.7. The van der Waals surface area contributed by atoms with Crippen molar-refractivity contribution in [3.8, 4) is 0 Å². The van der Waals surface area contributed by atoms with E-state index in [0.29, 0.717) is 13.1 Å². The predicted molar refractivity (Wildman–Crippen MR) is 64.4 cm³/mol. The van der Waals surface area contributed by atoms with Crippen LogP contribution in [0.2, 0.25) is 0 Å². The summed E-state index contributed by atoms with van der Waals surface area (Å²) < 4.78 is 0. The fourth-order valence-electron chi connectivity index (χ4n) is 1.37. The summed E-state index contributed by atoms with van der Waals surface area (Å²) in [6, 6.07) is -1.94. The summed E-state index contributed by atoms with van der Waals surface area (Å²) in [6.45, 7) is 4.74. The predicted octanol–water partition coefficient (Wildman–Crippen LogP) is 0.746. The molecule has 0 aliphatic carbocycles. The molecule has 0 aromatic heterocycles. The van der Waals surface area contributed by atoms with Gasteiger partial charge in [-0.05, 0) is 13.3 Å². The van der Waals surface area contributed by atoms with Gasteiger partial charge in [-0.3, -0.25) is 4.79 Å². The van der Waals surface area contributed by atoms with Crippen LogP contribution in [-0.2, 0) is 9.59 Å². The van der Waals surface area contributed by atoms with Crippen LogP contribution >= 0.6 is 0 Å². The summed E-state index contributed by atoms with van der Waals surface area (Å²) in [5.41, 5.74) is 0. The van der Waals surface area contributed by atoms with E-state index in [0.717, 1.165) is 12.8 Å². The van der Waals surface area contributed by atoms with Crippen LogP contribution in [0.5, 0.6) is 0 Å². The number of carboxylic acids is 2. The number of carbonyl (C=O) groups excluding carboxylic acids is 1. The fourth-order valence-corrected chi connectivity index (χ4v) is 1.37. The summed E-state index contributed by atoms with van der Waals surface area (Å²) in [4.78, 5) is 34.5. The van der Waals surface area contributed by atoms with Crippen LogP contribution in [0.1, 0.15) is 33.1 Å². The largest absolute Gasteiger partial charge is 0.481 e. The van der Waals surface area contributed by atoms with Crippen molar-refractivity contribution in [2.75, 3.05) is 13.1 Å². The molecule has 0 saturated heterocycles. The molecule has 0 aromatic rings. The van der Waals surface area contributed by atoms with Gasteiger partial charge in [-0.25, -0.2) is 9.59 Å². The lowest BCUT2D eigenvalue weighted by molar-refractivity contribution is -0.145. The van der Waals surface area contributed by atoms with Gasteiger partial charge in [0.05, 0.1) is 6.42 Å². The van der Waals surface area contributed by atoms with Crippen molar-refractivity contribution in [1.29, 1.82) is 0 Å². The number of carbonyl (C=O) groups is 3. The van der Waals surface area contributed by atoms with Crippen LogP contribution < -0.4 is 5.32 Å². The van der Waals surface area contributed by atoms with Gasteiger partial charge in [0.25, 0.3) is 0 Å². The minimum atomic E-state index is -1.40. The number of hydrogen-bond donors (Lipinski definition) is 3. The highest BCUT2D eigenvalue weighted by Crippen LogP contribution is 1.99. The lowest BCUT2D eigenvalue weighted by atomic mass is 10.2. The molecule has 18 heavy (non-hydrogen) atoms. The first kappa shape index (κ1) is 16.2. The number of hydrogen-bond acceptors (Lipinski definition) is 3. The lowest BCUT2D eigenvalue weighted by Crippen LogP contribution is -2.48. The first-order valence-corrected chi connectivity index (χ1v) is 5.92. The van der Waals surface area contributed by atoms with E-state index in [9.17, 15) is 14.4 Å². The number of rotatable bonds is 8. The first-order valence-electron chi connectivity index (χ1n) is 5.92. The summed E-state index contributed by atoms with van der Waals surface area (Å²) in [5, 5.41) is 19.6. The van der Waals surface area contributed by atoms with E-state index in [2.05, 4.69) is 5.32 Å². The number of nitrogens with one attached hydrogen (secondary N) is 1. The van der Waals surface area contributed by atoms with Gasteiger partial charge in [0.2, 0.25) is 0 Å². The van der Waals surface area contributed by atoms with Gasteiger partial charge in [-0.1, -0.05) is 13.3 Å². The Balaban J connectivity index is 4.46. The number of amides is 2. The summed E-state index contributed by atoms with van der Waals surface area (Å²) in [7, 11) is 0. The first-order chi connectivity index (χ1) is 8.42. The van der Waals surface area contributed by atoms with E-state index in [1.54, 1.807) is 6.92 Å². The zero-order valence-electron chi connectivity index (χ0n) is 10.7. The molecule has 2 amide bonds. The molecule has 0 saturated carbocycles. The second kappa shape index (κ2) is 8.32. The minimum absolute atomic E-state index is 0.450. The second-order valence-corrected chi connectivity index (χ2v) is 3.87. The second-order valence-electron chi connectivity index (χ2n) is 3.87. The average Bonchev–Trinajstić information content (AvgIpc) is 2.28. The van der Waals surface area contributed by atoms with Gasteiger partial charge >= 0.3 is 18.0 Å². The Morgan fingerprint density at radius 2 is 1.83 bits per heavy atom. The molecule has 0 rings (SSSR count). The van der Waals surface area contributed by atoms with E-state index < -0.39 is 30.4 Å². The normalized spacial score (nSPS) is 11.7. The summed E-state index contributed by atoms with van der Waals surface area (Å²) in [6.07, 6.45) is 1.10. The van der Waals surface area contributed by atoms with Crippen LogP contribution in [0, 0.1) is 0 Å². The number of aliphatic carboxylic acids is 2. The molecular formula is C11H20N2O5. The Kier molecular flexibility index (Phi) is 7.50. The van der Waals surface area contributed by atoms with Gasteiger partial charge in [-0.15, -0.1) is 0 Å².